The molecule has 3 rings (SSSR count). The van der Waals surface area contributed by atoms with Gasteiger partial charge in [0.2, 0.25) is 11.8 Å². The quantitative estimate of drug-likeness (QED) is 0.809. The largest absolute Gasteiger partial charge is 0.368 e. The molecule has 1 saturated carbocycles. The lowest BCUT2D eigenvalue weighted by Gasteiger charge is -2.30. The first kappa shape index (κ1) is 18.8. The van der Waals surface area contributed by atoms with E-state index in [0.29, 0.717) is 18.9 Å². The zero-order valence-electron chi connectivity index (χ0n) is 15.5. The fourth-order valence-electron chi connectivity index (χ4n) is 3.92. The molecule has 2 aliphatic rings. The zero-order valence-corrected chi connectivity index (χ0v) is 15.5. The molecule has 142 valence electrons. The smallest absolute Gasteiger partial charge is 0.249 e. The van der Waals surface area contributed by atoms with Crippen molar-refractivity contribution in [3.63, 3.8) is 0 Å². The molecule has 0 spiro atoms. The molecule has 2 fully saturated rings. The lowest BCUT2D eigenvalue weighted by atomic mass is 9.88. The lowest BCUT2D eigenvalue weighted by Crippen LogP contribution is -2.45. The third-order valence-corrected chi connectivity index (χ3v) is 5.64. The first-order valence-electron chi connectivity index (χ1n) is 9.42. The number of carbonyl (C=O) groups excluding carboxylic acids is 2. The van der Waals surface area contributed by atoms with Crippen molar-refractivity contribution >= 4 is 17.5 Å². The number of para-hydroxylation sites is 1. The van der Waals surface area contributed by atoms with Gasteiger partial charge in [-0.25, -0.2) is 4.39 Å². The van der Waals surface area contributed by atoms with Crippen LogP contribution in [0.25, 0.3) is 0 Å². The Balaban J connectivity index is 1.57. The number of rotatable bonds is 5. The molecule has 3 atom stereocenters. The highest BCUT2D eigenvalue weighted by Gasteiger charge is 2.38. The van der Waals surface area contributed by atoms with Gasteiger partial charge in [0, 0.05) is 13.6 Å². The molecule has 0 bridgehead atoms. The highest BCUT2D eigenvalue weighted by Crippen LogP contribution is 2.28. The van der Waals surface area contributed by atoms with Crippen LogP contribution in [0.3, 0.4) is 0 Å². The molecule has 1 aliphatic carbocycles. The van der Waals surface area contributed by atoms with Crippen LogP contribution in [0.15, 0.2) is 24.3 Å². The van der Waals surface area contributed by atoms with Crippen LogP contribution in [0.5, 0.6) is 0 Å². The second kappa shape index (κ2) is 8.16. The molecule has 0 aromatic heterocycles. The fraction of sp³-hybridized carbons (Fsp3) is 0.600. The number of halogens is 1. The minimum atomic E-state index is -0.561. The number of hydrogen-bond donors (Lipinski definition) is 0. The minimum absolute atomic E-state index is 0.00498. The molecule has 1 heterocycles. The molecular weight excluding hydrogens is 335 g/mol. The molecule has 1 saturated heterocycles. The Morgan fingerprint density at radius 3 is 2.73 bits per heavy atom. The van der Waals surface area contributed by atoms with Crippen molar-refractivity contribution in [2.75, 3.05) is 25.1 Å². The maximum absolute atomic E-state index is 14.0. The first-order chi connectivity index (χ1) is 12.5. The molecule has 1 aromatic rings. The van der Waals surface area contributed by atoms with Crippen molar-refractivity contribution in [2.24, 2.45) is 5.92 Å². The van der Waals surface area contributed by atoms with Crippen LogP contribution in [0.4, 0.5) is 10.1 Å². The van der Waals surface area contributed by atoms with E-state index >= 15 is 0 Å². The van der Waals surface area contributed by atoms with E-state index in [2.05, 4.69) is 6.92 Å². The summed E-state index contributed by atoms with van der Waals surface area (Å²) in [5.74, 6) is -0.398. The number of benzene rings is 1. The van der Waals surface area contributed by atoms with Gasteiger partial charge >= 0.3 is 0 Å². The molecule has 26 heavy (non-hydrogen) atoms. The van der Waals surface area contributed by atoms with Crippen molar-refractivity contribution in [3.05, 3.63) is 30.1 Å². The van der Waals surface area contributed by atoms with Gasteiger partial charge in [0.25, 0.3) is 0 Å². The second-order valence-corrected chi connectivity index (χ2v) is 7.36. The first-order valence-corrected chi connectivity index (χ1v) is 9.42. The number of amides is 2. The van der Waals surface area contributed by atoms with Crippen LogP contribution in [0.1, 0.15) is 39.0 Å². The van der Waals surface area contributed by atoms with Crippen molar-refractivity contribution < 1.29 is 18.7 Å². The van der Waals surface area contributed by atoms with Crippen LogP contribution >= 0.6 is 0 Å². The third-order valence-electron chi connectivity index (χ3n) is 5.64. The minimum Gasteiger partial charge on any atom is -0.368 e. The van der Waals surface area contributed by atoms with Crippen LogP contribution < -0.4 is 4.90 Å². The van der Waals surface area contributed by atoms with Gasteiger partial charge in [0.15, 0.2) is 0 Å². The van der Waals surface area contributed by atoms with E-state index < -0.39 is 11.9 Å². The molecular formula is C20H27FN2O3. The summed E-state index contributed by atoms with van der Waals surface area (Å²) in [6.07, 6.45) is 5.09. The third kappa shape index (κ3) is 3.90. The average molecular weight is 362 g/mol. The monoisotopic (exact) mass is 362 g/mol. The molecule has 5 nitrogen and oxygen atoms in total. The summed E-state index contributed by atoms with van der Waals surface area (Å²) in [6, 6.07) is 5.66. The van der Waals surface area contributed by atoms with E-state index in [9.17, 15) is 14.0 Å². The van der Waals surface area contributed by atoms with Gasteiger partial charge in [-0.1, -0.05) is 31.9 Å². The van der Waals surface area contributed by atoms with Crippen LogP contribution in [0, 0.1) is 11.7 Å². The zero-order chi connectivity index (χ0) is 18.7. The number of carbonyl (C=O) groups is 2. The molecule has 0 unspecified atom stereocenters. The molecule has 6 heteroatoms. The Morgan fingerprint density at radius 2 is 2.00 bits per heavy atom. The van der Waals surface area contributed by atoms with Crippen LogP contribution in [-0.2, 0) is 14.3 Å². The van der Waals surface area contributed by atoms with Crippen molar-refractivity contribution in [1.82, 2.24) is 4.90 Å². The SMILES string of the molecule is C[C@@H]1CCCC[C@@H]1OCC(=O)N(C)[C@H]1CCN(c2ccccc2F)C1=O. The van der Waals surface area contributed by atoms with Crippen LogP contribution in [-0.4, -0.2) is 49.1 Å². The number of hydrogen-bond acceptors (Lipinski definition) is 3. The number of likely N-dealkylation sites (N-methyl/N-ethyl adjacent to an activating group) is 1. The Bertz CT molecular complexity index is 666. The highest BCUT2D eigenvalue weighted by molar-refractivity contribution is 6.01. The Labute approximate surface area is 154 Å². The van der Waals surface area contributed by atoms with E-state index in [1.807, 2.05) is 0 Å². The predicted molar refractivity (Wildman–Crippen MR) is 97.3 cm³/mol. The summed E-state index contributed by atoms with van der Waals surface area (Å²) in [4.78, 5) is 28.1. The molecule has 1 aromatic carbocycles. The standard InChI is InChI=1S/C20H27FN2O3/c1-14-7-3-6-10-18(14)26-13-19(24)22(2)17-11-12-23(20(17)25)16-9-5-4-8-15(16)21/h4-5,8-9,14,17-18H,3,6-7,10-13H2,1-2H3/t14-,17+,18+/m1/s1. The molecule has 0 N–H and O–H groups in total. The lowest BCUT2D eigenvalue weighted by molar-refractivity contribution is -0.143. The average Bonchev–Trinajstić information content (AvgIpc) is 3.02. The fourth-order valence-corrected chi connectivity index (χ4v) is 3.92. The number of nitrogens with zero attached hydrogens (tertiary/aromatic N) is 2. The Morgan fingerprint density at radius 1 is 1.27 bits per heavy atom. The van der Waals surface area contributed by atoms with Crippen LogP contribution in [0.2, 0.25) is 0 Å². The van der Waals surface area contributed by atoms with Gasteiger partial charge in [-0.05, 0) is 37.3 Å². The number of ether oxygens (including phenoxy) is 1. The predicted octanol–water partition coefficient (Wildman–Crippen LogP) is 2.98. The molecule has 1 aliphatic heterocycles. The maximum atomic E-state index is 14.0. The van der Waals surface area contributed by atoms with Gasteiger partial charge in [-0.2, -0.15) is 0 Å². The Kier molecular flexibility index (Phi) is 5.91. The second-order valence-electron chi connectivity index (χ2n) is 7.36. The van der Waals surface area contributed by atoms with E-state index in [-0.39, 0.29) is 30.2 Å². The normalized spacial score (nSPS) is 26.2. The van der Waals surface area contributed by atoms with Crippen molar-refractivity contribution in [3.8, 4) is 0 Å². The van der Waals surface area contributed by atoms with Gasteiger partial charge in [-0.15, -0.1) is 0 Å². The van der Waals surface area contributed by atoms with E-state index in [0.717, 1.165) is 19.3 Å². The highest BCUT2D eigenvalue weighted by atomic mass is 19.1. The summed E-state index contributed by atoms with van der Waals surface area (Å²) in [5, 5.41) is 0. The molecule has 2 amide bonds. The summed E-state index contributed by atoms with van der Waals surface area (Å²) < 4.78 is 19.8. The topological polar surface area (TPSA) is 49.9 Å². The summed E-state index contributed by atoms with van der Waals surface area (Å²) in [6.45, 7) is 2.56. The van der Waals surface area contributed by atoms with E-state index in [4.69, 9.17) is 4.74 Å². The van der Waals surface area contributed by atoms with Gasteiger partial charge in [0.1, 0.15) is 18.5 Å². The van der Waals surface area contributed by atoms with Crippen molar-refractivity contribution in [2.45, 2.75) is 51.2 Å². The van der Waals surface area contributed by atoms with E-state index in [1.165, 1.54) is 22.3 Å². The number of anilines is 1. The summed E-state index contributed by atoms with van der Waals surface area (Å²) >= 11 is 0. The Hall–Kier alpha value is -1.95. The summed E-state index contributed by atoms with van der Waals surface area (Å²) in [5.41, 5.74) is 0.271. The van der Waals surface area contributed by atoms with Gasteiger partial charge < -0.3 is 14.5 Å². The van der Waals surface area contributed by atoms with Gasteiger partial charge in [-0.3, -0.25) is 9.59 Å². The maximum Gasteiger partial charge on any atom is 0.249 e. The van der Waals surface area contributed by atoms with Gasteiger partial charge in [0.05, 0.1) is 11.8 Å². The van der Waals surface area contributed by atoms with E-state index in [1.54, 1.807) is 25.2 Å². The summed E-state index contributed by atoms with van der Waals surface area (Å²) in [7, 11) is 1.63. The molecule has 0 radical (unpaired) electrons. The van der Waals surface area contributed by atoms with Crippen molar-refractivity contribution in [1.29, 1.82) is 0 Å².